The summed E-state index contributed by atoms with van der Waals surface area (Å²) in [4.78, 5) is 35.9. The monoisotopic (exact) mass is 365 g/mol. The summed E-state index contributed by atoms with van der Waals surface area (Å²) in [5.41, 5.74) is 0.673. The zero-order valence-corrected chi connectivity index (χ0v) is 14.4. The van der Waals surface area contributed by atoms with Crippen molar-refractivity contribution in [2.75, 3.05) is 0 Å². The van der Waals surface area contributed by atoms with Crippen LogP contribution in [0.4, 0.5) is 8.78 Å². The van der Waals surface area contributed by atoms with Crippen molar-refractivity contribution < 1.29 is 32.6 Å². The molecule has 2 rings (SSSR count). The summed E-state index contributed by atoms with van der Waals surface area (Å²) < 4.78 is 35.0. The van der Waals surface area contributed by atoms with Crippen molar-refractivity contribution in [2.24, 2.45) is 7.05 Å². The number of ether oxygens (including phenoxy) is 2. The number of nitrogens with zero attached hydrogens (tertiary/aromatic N) is 1. The van der Waals surface area contributed by atoms with E-state index in [2.05, 4.69) is 4.74 Å². The van der Waals surface area contributed by atoms with Gasteiger partial charge in [0.05, 0.1) is 0 Å². The fourth-order valence-electron chi connectivity index (χ4n) is 2.27. The lowest BCUT2D eigenvalue weighted by Crippen LogP contribution is -2.25. The van der Waals surface area contributed by atoms with E-state index in [1.807, 2.05) is 0 Å². The van der Waals surface area contributed by atoms with Crippen LogP contribution in [0, 0.1) is 0 Å². The predicted molar refractivity (Wildman–Crippen MR) is 87.7 cm³/mol. The molecule has 8 heteroatoms. The van der Waals surface area contributed by atoms with Crippen LogP contribution in [0.1, 0.15) is 45.1 Å². The number of halogens is 2. The van der Waals surface area contributed by atoms with Crippen LogP contribution in [0.5, 0.6) is 5.75 Å². The molecule has 6 nitrogen and oxygen atoms in total. The number of esters is 1. The van der Waals surface area contributed by atoms with Crippen LogP contribution < -0.4 is 4.74 Å². The molecule has 1 atom stereocenters. The Morgan fingerprint density at radius 2 is 1.69 bits per heavy atom. The Hall–Kier alpha value is -3.03. The van der Waals surface area contributed by atoms with Gasteiger partial charge in [0.15, 0.2) is 11.9 Å². The minimum atomic E-state index is -2.96. The largest absolute Gasteiger partial charge is 0.450 e. The number of alkyl halides is 2. The van der Waals surface area contributed by atoms with Crippen molar-refractivity contribution >= 4 is 17.5 Å². The molecule has 0 N–H and O–H groups in total. The van der Waals surface area contributed by atoms with Gasteiger partial charge in [-0.2, -0.15) is 8.78 Å². The standard InChI is InChI=1S/C18H17F2NO5/c1-10(22)13-8-15(21(3)9-13)17(24)25-11(2)16(23)12-4-6-14(7-5-12)26-18(19)20/h4-9,11,18H,1-3H3/t11-/m0/s1. The van der Waals surface area contributed by atoms with E-state index >= 15 is 0 Å². The third kappa shape index (κ3) is 4.53. The molecule has 0 aliphatic rings. The van der Waals surface area contributed by atoms with E-state index in [0.717, 1.165) is 0 Å². The first kappa shape index (κ1) is 19.3. The molecular formula is C18H17F2NO5. The predicted octanol–water partition coefficient (Wildman–Crippen LogP) is 3.26. The number of Topliss-reactive ketones (excluding diaryl/α,β-unsaturated/α-hetero) is 2. The van der Waals surface area contributed by atoms with Gasteiger partial charge in [0, 0.05) is 24.4 Å². The van der Waals surface area contributed by atoms with Gasteiger partial charge in [-0.25, -0.2) is 4.79 Å². The van der Waals surface area contributed by atoms with Gasteiger partial charge in [0.25, 0.3) is 0 Å². The third-order valence-corrected chi connectivity index (χ3v) is 3.64. The summed E-state index contributed by atoms with van der Waals surface area (Å²) >= 11 is 0. The minimum Gasteiger partial charge on any atom is -0.450 e. The van der Waals surface area contributed by atoms with E-state index < -0.39 is 24.5 Å². The van der Waals surface area contributed by atoms with Crippen molar-refractivity contribution in [3.05, 3.63) is 53.3 Å². The minimum absolute atomic E-state index is 0.0817. The summed E-state index contributed by atoms with van der Waals surface area (Å²) in [5.74, 6) is -1.53. The van der Waals surface area contributed by atoms with Crippen LogP contribution in [-0.4, -0.2) is 34.8 Å². The number of carbonyl (C=O) groups excluding carboxylic acids is 3. The molecule has 0 aliphatic carbocycles. The third-order valence-electron chi connectivity index (χ3n) is 3.64. The number of hydrogen-bond acceptors (Lipinski definition) is 5. The van der Waals surface area contributed by atoms with Crippen molar-refractivity contribution in [2.45, 2.75) is 26.6 Å². The van der Waals surface area contributed by atoms with Crippen molar-refractivity contribution in [1.29, 1.82) is 0 Å². The average Bonchev–Trinajstić information content (AvgIpc) is 2.96. The molecule has 0 spiro atoms. The SMILES string of the molecule is CC(=O)c1cc(C(=O)O[C@@H](C)C(=O)c2ccc(OC(F)F)cc2)n(C)c1. The second-order valence-electron chi connectivity index (χ2n) is 5.60. The van der Waals surface area contributed by atoms with Crippen LogP contribution in [0.25, 0.3) is 0 Å². The smallest absolute Gasteiger partial charge is 0.387 e. The van der Waals surface area contributed by atoms with E-state index in [1.165, 1.54) is 54.9 Å². The highest BCUT2D eigenvalue weighted by Gasteiger charge is 2.23. The summed E-state index contributed by atoms with van der Waals surface area (Å²) in [6, 6.07) is 6.45. The van der Waals surface area contributed by atoms with Gasteiger partial charge in [-0.3, -0.25) is 9.59 Å². The highest BCUT2D eigenvalue weighted by atomic mass is 19.3. The molecule has 0 aliphatic heterocycles. The van der Waals surface area contributed by atoms with Gasteiger partial charge in [0.1, 0.15) is 11.4 Å². The van der Waals surface area contributed by atoms with Gasteiger partial charge in [-0.05, 0) is 44.2 Å². The highest BCUT2D eigenvalue weighted by molar-refractivity contribution is 6.02. The molecular weight excluding hydrogens is 348 g/mol. The average molecular weight is 365 g/mol. The summed E-state index contributed by atoms with van der Waals surface area (Å²) in [7, 11) is 1.58. The number of aryl methyl sites for hydroxylation is 1. The Morgan fingerprint density at radius 1 is 1.08 bits per heavy atom. The number of ketones is 2. The fourth-order valence-corrected chi connectivity index (χ4v) is 2.27. The lowest BCUT2D eigenvalue weighted by molar-refractivity contribution is -0.0498. The first-order valence-corrected chi connectivity index (χ1v) is 7.66. The van der Waals surface area contributed by atoms with Gasteiger partial charge >= 0.3 is 12.6 Å². The Labute approximate surface area is 148 Å². The Bertz CT molecular complexity index is 827. The molecule has 0 fully saturated rings. The number of rotatable bonds is 7. The van der Waals surface area contributed by atoms with Gasteiger partial charge in [-0.15, -0.1) is 0 Å². The molecule has 0 saturated carbocycles. The Balaban J connectivity index is 2.06. The maximum Gasteiger partial charge on any atom is 0.387 e. The van der Waals surface area contributed by atoms with Crippen LogP contribution in [-0.2, 0) is 11.8 Å². The molecule has 0 amide bonds. The Morgan fingerprint density at radius 3 is 2.19 bits per heavy atom. The lowest BCUT2D eigenvalue weighted by Gasteiger charge is -2.13. The molecule has 0 bridgehead atoms. The second-order valence-corrected chi connectivity index (χ2v) is 5.60. The summed E-state index contributed by atoms with van der Waals surface area (Å²) in [6.45, 7) is -0.182. The van der Waals surface area contributed by atoms with Crippen LogP contribution in [0.3, 0.4) is 0 Å². The summed E-state index contributed by atoms with van der Waals surface area (Å²) in [6.07, 6.45) is 0.396. The summed E-state index contributed by atoms with van der Waals surface area (Å²) in [5, 5.41) is 0. The normalized spacial score (nSPS) is 11.9. The van der Waals surface area contributed by atoms with Crippen molar-refractivity contribution in [1.82, 2.24) is 4.57 Å². The molecule has 0 unspecified atom stereocenters. The lowest BCUT2D eigenvalue weighted by atomic mass is 10.1. The maximum absolute atomic E-state index is 12.3. The molecule has 1 aromatic carbocycles. The van der Waals surface area contributed by atoms with E-state index in [-0.39, 0.29) is 22.8 Å². The van der Waals surface area contributed by atoms with Crippen LogP contribution in [0.2, 0.25) is 0 Å². The Kier molecular flexibility index (Phi) is 5.86. The molecule has 26 heavy (non-hydrogen) atoms. The number of carbonyl (C=O) groups is 3. The van der Waals surface area contributed by atoms with Crippen LogP contribution >= 0.6 is 0 Å². The number of benzene rings is 1. The second kappa shape index (κ2) is 7.90. The van der Waals surface area contributed by atoms with Gasteiger partial charge in [0.2, 0.25) is 5.78 Å². The van der Waals surface area contributed by atoms with Crippen molar-refractivity contribution in [3.8, 4) is 5.75 Å². The zero-order valence-electron chi connectivity index (χ0n) is 14.4. The van der Waals surface area contributed by atoms with E-state index in [1.54, 1.807) is 7.05 Å². The molecule has 0 saturated heterocycles. The van der Waals surface area contributed by atoms with Crippen LogP contribution in [0.15, 0.2) is 36.5 Å². The molecule has 2 aromatic rings. The van der Waals surface area contributed by atoms with E-state index in [9.17, 15) is 23.2 Å². The molecule has 1 heterocycles. The van der Waals surface area contributed by atoms with Gasteiger partial charge < -0.3 is 14.0 Å². The number of hydrogen-bond donors (Lipinski definition) is 0. The maximum atomic E-state index is 12.3. The first-order chi connectivity index (χ1) is 12.2. The first-order valence-electron chi connectivity index (χ1n) is 7.66. The van der Waals surface area contributed by atoms with Crippen molar-refractivity contribution in [3.63, 3.8) is 0 Å². The molecule has 1 aromatic heterocycles. The molecule has 138 valence electrons. The van der Waals surface area contributed by atoms with E-state index in [0.29, 0.717) is 5.56 Å². The quantitative estimate of drug-likeness (QED) is 0.556. The topological polar surface area (TPSA) is 74.6 Å². The zero-order chi connectivity index (χ0) is 19.4. The molecule has 0 radical (unpaired) electrons. The van der Waals surface area contributed by atoms with E-state index in [4.69, 9.17) is 4.74 Å². The highest BCUT2D eigenvalue weighted by Crippen LogP contribution is 2.17. The van der Waals surface area contributed by atoms with Gasteiger partial charge in [-0.1, -0.05) is 0 Å². The number of aromatic nitrogens is 1. The fraction of sp³-hybridized carbons (Fsp3) is 0.278.